The van der Waals surface area contributed by atoms with Crippen LogP contribution in [-0.4, -0.2) is 69.7 Å². The van der Waals surface area contributed by atoms with Crippen molar-refractivity contribution >= 4 is 23.5 Å². The van der Waals surface area contributed by atoms with Crippen LogP contribution >= 0.6 is 0 Å². The molecule has 2 aromatic rings. The number of alkyl halides is 3. The molecule has 12 heteroatoms. The first-order valence-corrected chi connectivity index (χ1v) is 12.1. The SMILES string of the molecule is CCOC(=O)[C@@H]1C(=O)NC(N2CCN(c3cccc(C(F)(F)F)c3)CC2)=N[C@H]1c1ccc(OC)c(OC)c1. The normalized spacial score (nSPS) is 19.9. The van der Waals surface area contributed by atoms with Gasteiger partial charge in [0.1, 0.15) is 6.04 Å². The molecule has 2 aliphatic rings. The molecule has 1 N–H and O–H groups in total. The Labute approximate surface area is 218 Å². The maximum absolute atomic E-state index is 13.1. The number of rotatable bonds is 6. The third kappa shape index (κ3) is 5.63. The Morgan fingerprint density at radius 1 is 1.03 bits per heavy atom. The van der Waals surface area contributed by atoms with Gasteiger partial charge in [0.25, 0.3) is 0 Å². The minimum absolute atomic E-state index is 0.106. The average molecular weight is 535 g/mol. The van der Waals surface area contributed by atoms with E-state index in [1.165, 1.54) is 20.3 Å². The largest absolute Gasteiger partial charge is 0.493 e. The number of guanidine groups is 1. The number of piperazine rings is 1. The van der Waals surface area contributed by atoms with Gasteiger partial charge in [-0.1, -0.05) is 12.1 Å². The molecular weight excluding hydrogens is 505 g/mol. The quantitative estimate of drug-likeness (QED) is 0.449. The molecule has 0 spiro atoms. The maximum Gasteiger partial charge on any atom is 0.416 e. The predicted octanol–water partition coefficient (Wildman–Crippen LogP) is 3.25. The molecule has 0 aliphatic carbocycles. The van der Waals surface area contributed by atoms with Crippen LogP contribution in [0, 0.1) is 5.92 Å². The van der Waals surface area contributed by atoms with Crippen LogP contribution in [-0.2, 0) is 20.5 Å². The number of ether oxygens (including phenoxy) is 3. The molecule has 0 radical (unpaired) electrons. The summed E-state index contributed by atoms with van der Waals surface area (Å²) in [5, 5.41) is 2.72. The van der Waals surface area contributed by atoms with Gasteiger partial charge in [-0.3, -0.25) is 14.9 Å². The van der Waals surface area contributed by atoms with E-state index in [0.717, 1.165) is 12.1 Å². The van der Waals surface area contributed by atoms with E-state index in [-0.39, 0.29) is 6.61 Å². The molecule has 1 fully saturated rings. The fraction of sp³-hybridized carbons (Fsp3) is 0.423. The van der Waals surface area contributed by atoms with E-state index in [1.807, 2.05) is 9.80 Å². The number of nitrogens with one attached hydrogen (secondary N) is 1. The van der Waals surface area contributed by atoms with Crippen LogP contribution in [0.4, 0.5) is 18.9 Å². The second-order valence-corrected chi connectivity index (χ2v) is 8.75. The molecule has 0 aromatic heterocycles. The first-order chi connectivity index (χ1) is 18.2. The van der Waals surface area contributed by atoms with Crippen LogP contribution in [0.25, 0.3) is 0 Å². The van der Waals surface area contributed by atoms with Crippen LogP contribution in [0.5, 0.6) is 11.5 Å². The molecule has 2 atom stereocenters. The highest BCUT2D eigenvalue weighted by molar-refractivity contribution is 6.08. The lowest BCUT2D eigenvalue weighted by atomic mass is 9.91. The number of nitrogens with zero attached hydrogens (tertiary/aromatic N) is 3. The first kappa shape index (κ1) is 27.1. The van der Waals surface area contributed by atoms with Crippen molar-refractivity contribution in [1.29, 1.82) is 0 Å². The van der Waals surface area contributed by atoms with Crippen molar-refractivity contribution in [3.8, 4) is 11.5 Å². The van der Waals surface area contributed by atoms with E-state index >= 15 is 0 Å². The number of carbonyl (C=O) groups excluding carboxylic acids is 2. The van der Waals surface area contributed by atoms with Gasteiger partial charge in [0.2, 0.25) is 11.9 Å². The van der Waals surface area contributed by atoms with Gasteiger partial charge in [-0.2, -0.15) is 13.2 Å². The zero-order valence-corrected chi connectivity index (χ0v) is 21.2. The number of hydrogen-bond donors (Lipinski definition) is 1. The number of hydrogen-bond acceptors (Lipinski definition) is 8. The van der Waals surface area contributed by atoms with Crippen LogP contribution in [0.3, 0.4) is 0 Å². The molecule has 1 amide bonds. The third-order valence-electron chi connectivity index (χ3n) is 6.50. The molecule has 0 unspecified atom stereocenters. The van der Waals surface area contributed by atoms with Gasteiger partial charge in [0.15, 0.2) is 17.4 Å². The van der Waals surface area contributed by atoms with Gasteiger partial charge < -0.3 is 24.0 Å². The number of aliphatic imine (C=N–C) groups is 1. The number of esters is 1. The predicted molar refractivity (Wildman–Crippen MR) is 133 cm³/mol. The lowest BCUT2D eigenvalue weighted by Crippen LogP contribution is -2.57. The second kappa shape index (κ2) is 11.2. The van der Waals surface area contributed by atoms with Gasteiger partial charge in [-0.15, -0.1) is 0 Å². The summed E-state index contributed by atoms with van der Waals surface area (Å²) in [5.74, 6) is -1.25. The summed E-state index contributed by atoms with van der Waals surface area (Å²) in [6.07, 6.45) is -4.42. The van der Waals surface area contributed by atoms with Gasteiger partial charge in [0.05, 0.1) is 26.4 Å². The van der Waals surface area contributed by atoms with Crippen molar-refractivity contribution < 1.29 is 37.0 Å². The average Bonchev–Trinajstić information content (AvgIpc) is 2.92. The molecule has 9 nitrogen and oxygen atoms in total. The number of anilines is 1. The Kier molecular flexibility index (Phi) is 7.98. The Hall–Kier alpha value is -3.96. The van der Waals surface area contributed by atoms with E-state index in [0.29, 0.717) is 54.9 Å². The standard InChI is InChI=1S/C26H29F3N4O5/c1-4-38-24(35)21-22(16-8-9-19(36-2)20(14-16)37-3)30-25(31-23(21)34)33-12-10-32(11-13-33)18-7-5-6-17(15-18)26(27,28)29/h5-9,14-15,21-22H,4,10-13H2,1-3H3,(H,30,31,34)/t21-,22-/m0/s1. The Bertz CT molecular complexity index is 1210. The minimum Gasteiger partial charge on any atom is -0.493 e. The summed E-state index contributed by atoms with van der Waals surface area (Å²) in [7, 11) is 2.99. The fourth-order valence-electron chi connectivity index (χ4n) is 4.56. The van der Waals surface area contributed by atoms with Crippen molar-refractivity contribution in [2.75, 3.05) is 51.9 Å². The number of carbonyl (C=O) groups is 2. The zero-order valence-electron chi connectivity index (χ0n) is 21.2. The third-order valence-corrected chi connectivity index (χ3v) is 6.50. The fourth-order valence-corrected chi connectivity index (χ4v) is 4.56. The molecule has 0 bridgehead atoms. The summed E-state index contributed by atoms with van der Waals surface area (Å²) >= 11 is 0. The lowest BCUT2D eigenvalue weighted by molar-refractivity contribution is -0.153. The van der Waals surface area contributed by atoms with Crippen LogP contribution in [0.1, 0.15) is 24.1 Å². The Morgan fingerprint density at radius 2 is 1.71 bits per heavy atom. The van der Waals surface area contributed by atoms with E-state index in [1.54, 1.807) is 31.2 Å². The van der Waals surface area contributed by atoms with Crippen LogP contribution in [0.15, 0.2) is 47.5 Å². The highest BCUT2D eigenvalue weighted by atomic mass is 19.4. The highest BCUT2D eigenvalue weighted by Crippen LogP contribution is 2.37. The summed E-state index contributed by atoms with van der Waals surface area (Å²) < 4.78 is 55.3. The molecule has 204 valence electrons. The van der Waals surface area contributed by atoms with Gasteiger partial charge >= 0.3 is 12.1 Å². The van der Waals surface area contributed by atoms with Crippen LogP contribution < -0.4 is 19.7 Å². The lowest BCUT2D eigenvalue weighted by Gasteiger charge is -2.39. The molecular formula is C26H29F3N4O5. The van der Waals surface area contributed by atoms with Crippen LogP contribution in [0.2, 0.25) is 0 Å². The van der Waals surface area contributed by atoms with Crippen molar-refractivity contribution in [2.45, 2.75) is 19.1 Å². The van der Waals surface area contributed by atoms with Crippen molar-refractivity contribution in [3.63, 3.8) is 0 Å². The molecule has 0 saturated carbocycles. The topological polar surface area (TPSA) is 92.7 Å². The van der Waals surface area contributed by atoms with Crippen molar-refractivity contribution in [1.82, 2.24) is 10.2 Å². The maximum atomic E-state index is 13.1. The number of halogens is 3. The van der Waals surface area contributed by atoms with Gasteiger partial charge in [0, 0.05) is 31.9 Å². The Balaban J connectivity index is 1.58. The first-order valence-electron chi connectivity index (χ1n) is 12.1. The second-order valence-electron chi connectivity index (χ2n) is 8.75. The molecule has 38 heavy (non-hydrogen) atoms. The summed E-state index contributed by atoms with van der Waals surface area (Å²) in [6, 6.07) is 9.38. The molecule has 1 saturated heterocycles. The van der Waals surface area contributed by atoms with Crippen molar-refractivity contribution in [3.05, 3.63) is 53.6 Å². The smallest absolute Gasteiger partial charge is 0.416 e. The van der Waals surface area contributed by atoms with E-state index in [2.05, 4.69) is 5.32 Å². The number of amides is 1. The van der Waals surface area contributed by atoms with Crippen molar-refractivity contribution in [2.24, 2.45) is 10.9 Å². The summed E-state index contributed by atoms with van der Waals surface area (Å²) in [4.78, 5) is 34.3. The Morgan fingerprint density at radius 3 is 2.34 bits per heavy atom. The monoisotopic (exact) mass is 534 g/mol. The highest BCUT2D eigenvalue weighted by Gasteiger charge is 2.42. The molecule has 2 heterocycles. The summed E-state index contributed by atoms with van der Waals surface area (Å²) in [5.41, 5.74) is 0.333. The molecule has 2 aliphatic heterocycles. The molecule has 4 rings (SSSR count). The van der Waals surface area contributed by atoms with E-state index in [9.17, 15) is 22.8 Å². The molecule has 2 aromatic carbocycles. The van der Waals surface area contributed by atoms with E-state index < -0.39 is 35.6 Å². The number of methoxy groups -OCH3 is 2. The summed E-state index contributed by atoms with van der Waals surface area (Å²) in [6.45, 7) is 3.39. The van der Waals surface area contributed by atoms with Gasteiger partial charge in [-0.25, -0.2) is 4.99 Å². The van der Waals surface area contributed by atoms with E-state index in [4.69, 9.17) is 19.2 Å². The number of benzene rings is 2. The zero-order chi connectivity index (χ0) is 27.4. The van der Waals surface area contributed by atoms with Gasteiger partial charge in [-0.05, 0) is 42.8 Å². The minimum atomic E-state index is -4.42.